The molecular formula is C67H118. The molecule has 0 N–H and O–H groups in total. The van der Waals surface area contributed by atoms with Crippen LogP contribution in [0.3, 0.4) is 0 Å². The molecule has 0 unspecified atom stereocenters. The van der Waals surface area contributed by atoms with Crippen LogP contribution in [0.5, 0.6) is 0 Å². The monoisotopic (exact) mass is 923 g/mol. The van der Waals surface area contributed by atoms with Crippen molar-refractivity contribution in [1.82, 2.24) is 0 Å². The second kappa shape index (κ2) is 58.2. The van der Waals surface area contributed by atoms with E-state index in [1.807, 2.05) is 44.2 Å². The maximum atomic E-state index is 2.22. The van der Waals surface area contributed by atoms with E-state index in [-0.39, 0.29) is 7.43 Å². The van der Waals surface area contributed by atoms with Crippen LogP contribution in [0.15, 0.2) is 140 Å². The predicted octanol–water partition coefficient (Wildman–Crippen LogP) is 24.2. The van der Waals surface area contributed by atoms with E-state index in [4.69, 9.17) is 0 Å². The summed E-state index contributed by atoms with van der Waals surface area (Å²) in [5.74, 6) is 2.60. The van der Waals surface area contributed by atoms with Crippen LogP contribution < -0.4 is 0 Å². The molecule has 0 radical (unpaired) electrons. The van der Waals surface area contributed by atoms with Gasteiger partial charge in [-0.15, -0.1) is 0 Å². The van der Waals surface area contributed by atoms with Gasteiger partial charge < -0.3 is 0 Å². The lowest BCUT2D eigenvalue weighted by molar-refractivity contribution is 0.469. The highest BCUT2D eigenvalue weighted by atomic mass is 14.0. The zero-order valence-electron chi connectivity index (χ0n) is 48.7. The number of unbranched alkanes of at least 4 members (excludes halogenated alkanes) is 3. The quantitative estimate of drug-likeness (QED) is 0.153. The molecule has 0 nitrogen and oxygen atoms in total. The van der Waals surface area contributed by atoms with Crippen molar-refractivity contribution in [2.24, 2.45) is 23.2 Å². The zero-order valence-corrected chi connectivity index (χ0v) is 48.7. The molecule has 0 aromatic heterocycles. The molecule has 0 heteroatoms. The minimum atomic E-state index is 0. The number of rotatable bonds is 7. The molecule has 5 aromatic rings. The lowest BCUT2D eigenvalue weighted by Gasteiger charge is -2.05. The smallest absolute Gasteiger partial charge is 0.0181 e. The first-order chi connectivity index (χ1) is 31.1. The number of hydrogen-bond acceptors (Lipinski definition) is 0. The van der Waals surface area contributed by atoms with Crippen LogP contribution >= 0.6 is 0 Å². The fourth-order valence-electron chi connectivity index (χ4n) is 3.72. The highest BCUT2D eigenvalue weighted by molar-refractivity contribution is 5.64. The van der Waals surface area contributed by atoms with Gasteiger partial charge in [0.05, 0.1) is 0 Å². The summed E-state index contributed by atoms with van der Waals surface area (Å²) < 4.78 is 0. The second-order valence-corrected chi connectivity index (χ2v) is 19.5. The van der Waals surface area contributed by atoms with Crippen LogP contribution in [0.25, 0.3) is 22.3 Å². The Morgan fingerprint density at radius 1 is 0.358 bits per heavy atom. The van der Waals surface area contributed by atoms with E-state index in [0.717, 1.165) is 17.8 Å². The van der Waals surface area contributed by atoms with Crippen LogP contribution in [-0.2, 0) is 0 Å². The van der Waals surface area contributed by atoms with Crippen molar-refractivity contribution in [3.63, 3.8) is 0 Å². The molecule has 0 saturated carbocycles. The summed E-state index contributed by atoms with van der Waals surface area (Å²) >= 11 is 0. The third-order valence-electron chi connectivity index (χ3n) is 8.06. The van der Waals surface area contributed by atoms with E-state index in [0.29, 0.717) is 5.41 Å². The van der Waals surface area contributed by atoms with Crippen LogP contribution in [0.2, 0.25) is 0 Å². The number of hydrogen-bond donors (Lipinski definition) is 0. The van der Waals surface area contributed by atoms with Gasteiger partial charge in [0.25, 0.3) is 0 Å². The second-order valence-electron chi connectivity index (χ2n) is 19.5. The van der Waals surface area contributed by atoms with Crippen molar-refractivity contribution >= 4 is 0 Å². The molecule has 0 aliphatic carbocycles. The van der Waals surface area contributed by atoms with Gasteiger partial charge in [-0.25, -0.2) is 0 Å². The fourth-order valence-corrected chi connectivity index (χ4v) is 3.72. The average molecular weight is 924 g/mol. The summed E-state index contributed by atoms with van der Waals surface area (Å²) in [6, 6.07) is 48.3. The maximum Gasteiger partial charge on any atom is -0.0181 e. The predicted molar refractivity (Wildman–Crippen MR) is 320 cm³/mol. The number of benzene rings is 5. The molecule has 5 aromatic carbocycles. The van der Waals surface area contributed by atoms with Crippen LogP contribution in [0, 0.1) is 43.9 Å². The molecule has 0 saturated heterocycles. The summed E-state index contributed by atoms with van der Waals surface area (Å²) in [5.41, 5.74) is 9.57. The van der Waals surface area contributed by atoms with Crippen LogP contribution in [0.4, 0.5) is 0 Å². The van der Waals surface area contributed by atoms with Gasteiger partial charge in [-0.2, -0.15) is 0 Å². The van der Waals surface area contributed by atoms with E-state index < -0.39 is 0 Å². The lowest BCUT2D eigenvalue weighted by Crippen LogP contribution is -1.93. The third kappa shape index (κ3) is 73.9. The molecule has 0 spiro atoms. The highest BCUT2D eigenvalue weighted by Crippen LogP contribution is 2.20. The van der Waals surface area contributed by atoms with E-state index in [1.54, 1.807) is 0 Å². The summed E-state index contributed by atoms with van der Waals surface area (Å²) in [5, 5.41) is 0. The Labute approximate surface area is 424 Å². The minimum absolute atomic E-state index is 0. The molecule has 0 amide bonds. The Morgan fingerprint density at radius 2 is 0.597 bits per heavy atom. The Kier molecular flexibility index (Phi) is 67.2. The summed E-state index contributed by atoms with van der Waals surface area (Å²) in [4.78, 5) is 0. The first-order valence-electron chi connectivity index (χ1n) is 26.4. The van der Waals surface area contributed by atoms with Gasteiger partial charge in [-0.3, -0.25) is 0 Å². The topological polar surface area (TPSA) is 0 Å². The standard InChI is InChI=1S/2C13H12.C7H8.4C5H12.2C4H10.C3H8.C2H6.CH4/c1-11-6-5-9-13(10-11)12-7-3-2-4-8-12;1-11-7-9-13(10-8-11)12-5-3-2-4-6-12;1-7-5-3-2-4-6-7;1-5(2,3)4;2*1-4-5(2)3;1-3-5-4-2;1-4(2)3;1-3-4-2;1-3-2;1-2;/h2*2-10H,1H3;2-6H,1H3;1-4H3;2*5H,4H2,1-3H3;3-5H2,1-2H3;4H,1-3H3;3-4H2,1-2H3;3H2,1-2H3;1-2H3;1H4. The lowest BCUT2D eigenvalue weighted by atomic mass is 10.0. The van der Waals surface area contributed by atoms with Gasteiger partial charge >= 0.3 is 0 Å². The third-order valence-corrected chi connectivity index (χ3v) is 8.06. The molecule has 67 heavy (non-hydrogen) atoms. The van der Waals surface area contributed by atoms with Crippen molar-refractivity contribution in [2.45, 2.75) is 225 Å². The normalized spacial score (nSPS) is 9.06. The Balaban J connectivity index is -0.000000124. The van der Waals surface area contributed by atoms with E-state index in [1.165, 1.54) is 90.3 Å². The first kappa shape index (κ1) is 77.3. The molecule has 0 atom stereocenters. The minimum Gasteiger partial charge on any atom is -0.0776 e. The van der Waals surface area contributed by atoms with E-state index >= 15 is 0 Å². The molecule has 0 aliphatic heterocycles. The van der Waals surface area contributed by atoms with Crippen LogP contribution in [0.1, 0.15) is 221 Å². The molecule has 5 rings (SSSR count). The average Bonchev–Trinajstić information content (AvgIpc) is 3.29. The highest BCUT2D eigenvalue weighted by Gasteiger charge is 1.96. The molecule has 0 bridgehead atoms. The van der Waals surface area contributed by atoms with Crippen molar-refractivity contribution in [3.05, 3.63) is 156 Å². The van der Waals surface area contributed by atoms with Gasteiger partial charge in [0.1, 0.15) is 0 Å². The summed E-state index contributed by atoms with van der Waals surface area (Å²) in [6.45, 7) is 51.9. The molecule has 386 valence electrons. The van der Waals surface area contributed by atoms with Gasteiger partial charge in [0.15, 0.2) is 0 Å². The van der Waals surface area contributed by atoms with E-state index in [9.17, 15) is 0 Å². The summed E-state index contributed by atoms with van der Waals surface area (Å²) in [6.07, 6.45) is 10.6. The Morgan fingerprint density at radius 3 is 0.821 bits per heavy atom. The zero-order chi connectivity index (χ0) is 52.2. The maximum absolute atomic E-state index is 2.22. The molecule has 0 aliphatic rings. The molecule has 0 fully saturated rings. The van der Waals surface area contributed by atoms with Crippen molar-refractivity contribution in [2.75, 3.05) is 0 Å². The van der Waals surface area contributed by atoms with Gasteiger partial charge in [-0.1, -0.05) is 360 Å². The van der Waals surface area contributed by atoms with E-state index in [2.05, 4.69) is 262 Å². The Hall–Kier alpha value is -3.90. The fraction of sp³-hybridized carbons (Fsp3) is 0.552. The molecule has 0 heterocycles. The van der Waals surface area contributed by atoms with Gasteiger partial charge in [-0.05, 0) is 66.2 Å². The largest absolute Gasteiger partial charge is 0.0776 e. The van der Waals surface area contributed by atoms with Crippen molar-refractivity contribution < 1.29 is 0 Å². The van der Waals surface area contributed by atoms with Crippen LogP contribution in [-0.4, -0.2) is 0 Å². The van der Waals surface area contributed by atoms with Crippen molar-refractivity contribution in [3.8, 4) is 22.3 Å². The first-order valence-corrected chi connectivity index (χ1v) is 26.4. The molecular weight excluding hydrogens is 805 g/mol. The van der Waals surface area contributed by atoms with Gasteiger partial charge in [0, 0.05) is 0 Å². The summed E-state index contributed by atoms with van der Waals surface area (Å²) in [7, 11) is 0. The van der Waals surface area contributed by atoms with Gasteiger partial charge in [0.2, 0.25) is 0 Å². The SMILES string of the molecule is C.CC.CC(C)(C)C.CC(C)C.CCC.CCC(C)C.CCC(C)C.CCCC.CCCCC.Cc1ccc(-c2ccccc2)cc1.Cc1cccc(-c2ccccc2)c1.Cc1ccccc1. The van der Waals surface area contributed by atoms with Crippen molar-refractivity contribution in [1.29, 1.82) is 0 Å². The Bertz CT molecular complexity index is 1530. The number of aryl methyl sites for hydroxylation is 3.